The molecular formula is C69H120O6. The maximum atomic E-state index is 12.9. The van der Waals surface area contributed by atoms with Crippen molar-refractivity contribution in [3.63, 3.8) is 0 Å². The molecule has 6 heteroatoms. The van der Waals surface area contributed by atoms with Crippen LogP contribution in [0.3, 0.4) is 0 Å². The first-order valence-corrected chi connectivity index (χ1v) is 32.1. The van der Waals surface area contributed by atoms with Gasteiger partial charge in [-0.05, 0) is 96.3 Å². The van der Waals surface area contributed by atoms with Crippen LogP contribution in [0.25, 0.3) is 0 Å². The lowest BCUT2D eigenvalue weighted by molar-refractivity contribution is -0.167. The van der Waals surface area contributed by atoms with E-state index in [1.54, 1.807) is 0 Å². The lowest BCUT2D eigenvalue weighted by atomic mass is 10.0. The first kappa shape index (κ1) is 71.6. The van der Waals surface area contributed by atoms with Crippen molar-refractivity contribution in [2.75, 3.05) is 13.2 Å². The Morgan fingerprint density at radius 2 is 0.520 bits per heavy atom. The highest BCUT2D eigenvalue weighted by molar-refractivity contribution is 5.71. The molecule has 0 saturated heterocycles. The highest BCUT2D eigenvalue weighted by Crippen LogP contribution is 2.17. The maximum absolute atomic E-state index is 12.9. The zero-order chi connectivity index (χ0) is 54.3. The zero-order valence-electron chi connectivity index (χ0n) is 49.6. The number of rotatable bonds is 58. The number of allylic oxidation sites excluding steroid dienone is 14. The topological polar surface area (TPSA) is 78.9 Å². The number of ether oxygens (including phenoxy) is 3. The molecule has 0 aromatic carbocycles. The highest BCUT2D eigenvalue weighted by Gasteiger charge is 2.19. The van der Waals surface area contributed by atoms with Crippen LogP contribution in [0.5, 0.6) is 0 Å². The summed E-state index contributed by atoms with van der Waals surface area (Å²) >= 11 is 0. The molecule has 0 aliphatic carbocycles. The van der Waals surface area contributed by atoms with Crippen molar-refractivity contribution < 1.29 is 28.6 Å². The van der Waals surface area contributed by atoms with Crippen molar-refractivity contribution in [1.82, 2.24) is 0 Å². The normalized spacial score (nSPS) is 12.6. The van der Waals surface area contributed by atoms with E-state index in [4.69, 9.17) is 14.2 Å². The van der Waals surface area contributed by atoms with E-state index in [0.717, 1.165) is 96.3 Å². The first-order valence-electron chi connectivity index (χ1n) is 32.1. The minimum Gasteiger partial charge on any atom is -0.462 e. The predicted octanol–water partition coefficient (Wildman–Crippen LogP) is 21.9. The second-order valence-electron chi connectivity index (χ2n) is 21.3. The Labute approximate surface area is 465 Å². The van der Waals surface area contributed by atoms with E-state index < -0.39 is 6.10 Å². The monoisotopic (exact) mass is 1040 g/mol. The zero-order valence-corrected chi connectivity index (χ0v) is 49.6. The number of hydrogen-bond acceptors (Lipinski definition) is 6. The minimum absolute atomic E-state index is 0.0944. The Morgan fingerprint density at radius 3 is 0.880 bits per heavy atom. The van der Waals surface area contributed by atoms with Gasteiger partial charge in [-0.1, -0.05) is 286 Å². The van der Waals surface area contributed by atoms with Gasteiger partial charge in [0.15, 0.2) is 6.10 Å². The van der Waals surface area contributed by atoms with Gasteiger partial charge in [-0.15, -0.1) is 0 Å². The fourth-order valence-electron chi connectivity index (χ4n) is 9.09. The summed E-state index contributed by atoms with van der Waals surface area (Å²) in [6.07, 6.45) is 83.2. The van der Waals surface area contributed by atoms with Crippen LogP contribution in [0, 0.1) is 0 Å². The molecular weight excluding hydrogens is 925 g/mol. The van der Waals surface area contributed by atoms with Crippen molar-refractivity contribution in [1.29, 1.82) is 0 Å². The molecule has 0 rings (SSSR count). The van der Waals surface area contributed by atoms with Crippen molar-refractivity contribution in [3.05, 3.63) is 85.1 Å². The summed E-state index contributed by atoms with van der Waals surface area (Å²) < 4.78 is 16.9. The molecule has 0 radical (unpaired) electrons. The maximum Gasteiger partial charge on any atom is 0.306 e. The number of hydrogen-bond donors (Lipinski definition) is 0. The fourth-order valence-corrected chi connectivity index (χ4v) is 9.09. The summed E-state index contributed by atoms with van der Waals surface area (Å²) in [4.78, 5) is 38.2. The van der Waals surface area contributed by atoms with Crippen molar-refractivity contribution in [2.45, 2.75) is 322 Å². The Bertz CT molecular complexity index is 1430. The highest BCUT2D eigenvalue weighted by atomic mass is 16.6. The van der Waals surface area contributed by atoms with E-state index in [0.29, 0.717) is 19.3 Å². The molecule has 0 aliphatic rings. The van der Waals surface area contributed by atoms with Gasteiger partial charge in [-0.3, -0.25) is 14.4 Å². The molecule has 432 valence electrons. The van der Waals surface area contributed by atoms with Gasteiger partial charge in [0, 0.05) is 19.3 Å². The van der Waals surface area contributed by atoms with Crippen LogP contribution in [0.15, 0.2) is 85.1 Å². The largest absolute Gasteiger partial charge is 0.462 e. The molecule has 0 saturated carbocycles. The number of unbranched alkanes of at least 4 members (excludes halogenated alkanes) is 33. The van der Waals surface area contributed by atoms with Crippen molar-refractivity contribution in [3.8, 4) is 0 Å². The van der Waals surface area contributed by atoms with Crippen LogP contribution in [-0.2, 0) is 28.6 Å². The molecule has 1 atom stereocenters. The van der Waals surface area contributed by atoms with Crippen molar-refractivity contribution in [2.24, 2.45) is 0 Å². The number of carbonyl (C=O) groups excluding carboxylic acids is 3. The smallest absolute Gasteiger partial charge is 0.306 e. The first-order chi connectivity index (χ1) is 37.0. The van der Waals surface area contributed by atoms with E-state index in [-0.39, 0.29) is 37.5 Å². The summed E-state index contributed by atoms with van der Waals surface area (Å²) in [5.41, 5.74) is 0. The van der Waals surface area contributed by atoms with Gasteiger partial charge in [0.05, 0.1) is 0 Å². The van der Waals surface area contributed by atoms with Crippen LogP contribution < -0.4 is 0 Å². The molecule has 0 amide bonds. The van der Waals surface area contributed by atoms with Crippen LogP contribution in [0.2, 0.25) is 0 Å². The van der Waals surface area contributed by atoms with E-state index in [9.17, 15) is 14.4 Å². The van der Waals surface area contributed by atoms with E-state index in [1.165, 1.54) is 173 Å². The molecule has 0 fully saturated rings. The molecule has 0 aliphatic heterocycles. The van der Waals surface area contributed by atoms with Crippen LogP contribution in [0.1, 0.15) is 316 Å². The predicted molar refractivity (Wildman–Crippen MR) is 325 cm³/mol. The van der Waals surface area contributed by atoms with E-state index in [1.807, 2.05) is 0 Å². The van der Waals surface area contributed by atoms with Gasteiger partial charge in [-0.25, -0.2) is 0 Å². The lowest BCUT2D eigenvalue weighted by Crippen LogP contribution is -2.30. The van der Waals surface area contributed by atoms with Gasteiger partial charge in [0.1, 0.15) is 13.2 Å². The van der Waals surface area contributed by atoms with Gasteiger partial charge in [-0.2, -0.15) is 0 Å². The third-order valence-electron chi connectivity index (χ3n) is 13.9. The van der Waals surface area contributed by atoms with E-state index >= 15 is 0 Å². The molecule has 0 spiro atoms. The Morgan fingerprint density at radius 1 is 0.280 bits per heavy atom. The average molecular weight is 1050 g/mol. The quantitative estimate of drug-likeness (QED) is 0.0261. The molecule has 0 bridgehead atoms. The fraction of sp³-hybridized carbons (Fsp3) is 0.754. The SMILES string of the molecule is CC/C=C\C/C=C\C/C=C\C/C=C\C/C=C\C/C=C\CCCCC(=O)OC(COC(=O)CCCCCCC/C=C\CCCCC)COC(=O)CCCCCCCCCCCCCCCCCCCCCCCCCC. The van der Waals surface area contributed by atoms with E-state index in [2.05, 4.69) is 106 Å². The summed E-state index contributed by atoms with van der Waals surface area (Å²) in [6, 6.07) is 0. The summed E-state index contributed by atoms with van der Waals surface area (Å²) in [5, 5.41) is 0. The molecule has 0 aromatic heterocycles. The van der Waals surface area contributed by atoms with Crippen LogP contribution >= 0.6 is 0 Å². The second kappa shape index (κ2) is 63.1. The molecule has 1 unspecified atom stereocenters. The molecule has 0 heterocycles. The molecule has 0 aromatic rings. The summed E-state index contributed by atoms with van der Waals surface area (Å²) in [6.45, 7) is 6.49. The van der Waals surface area contributed by atoms with Gasteiger partial charge in [0.25, 0.3) is 0 Å². The van der Waals surface area contributed by atoms with Crippen LogP contribution in [0.4, 0.5) is 0 Å². The third-order valence-corrected chi connectivity index (χ3v) is 13.9. The van der Waals surface area contributed by atoms with Gasteiger partial charge < -0.3 is 14.2 Å². The third kappa shape index (κ3) is 61.3. The summed E-state index contributed by atoms with van der Waals surface area (Å²) in [5.74, 6) is -0.936. The molecule has 75 heavy (non-hydrogen) atoms. The Hall–Kier alpha value is -3.41. The summed E-state index contributed by atoms with van der Waals surface area (Å²) in [7, 11) is 0. The van der Waals surface area contributed by atoms with Gasteiger partial charge >= 0.3 is 17.9 Å². The Balaban J connectivity index is 4.34. The van der Waals surface area contributed by atoms with Crippen LogP contribution in [-0.4, -0.2) is 37.2 Å². The average Bonchev–Trinajstić information content (AvgIpc) is 3.41. The number of carbonyl (C=O) groups is 3. The van der Waals surface area contributed by atoms with Crippen molar-refractivity contribution >= 4 is 17.9 Å². The lowest BCUT2D eigenvalue weighted by Gasteiger charge is -2.18. The Kier molecular flexibility index (Phi) is 60.3. The molecule has 6 nitrogen and oxygen atoms in total. The standard InChI is InChI=1S/C69H120O6/c1-4-7-10-13-16-19-22-25-27-29-31-33-34-35-37-38-40-42-44-47-50-53-56-59-62-68(71)74-65-66(64-73-67(70)61-58-55-52-49-46-24-21-18-15-12-9-6-3)75-69(72)63-60-57-54-51-48-45-43-41-39-36-32-30-28-26-23-20-17-14-11-8-5-2/h8,11,17-18,20-21,26,28,32,36,41,43,48,51,66H,4-7,9-10,12-16,19,22-25,27,29-31,33-35,37-40,42,44-47,49-50,52-65H2,1-3H3/b11-8-,20-17-,21-18-,28-26-,36-32-,43-41-,51-48-. The second-order valence-corrected chi connectivity index (χ2v) is 21.3. The van der Waals surface area contributed by atoms with Gasteiger partial charge in [0.2, 0.25) is 0 Å². The number of esters is 3. The minimum atomic E-state index is -0.803. The molecule has 0 N–H and O–H groups in total.